The first-order valence-electron chi connectivity index (χ1n) is 10.4. The van der Waals surface area contributed by atoms with Crippen molar-refractivity contribution in [1.82, 2.24) is 19.4 Å². The third kappa shape index (κ3) is 3.52. The Morgan fingerprint density at radius 2 is 2.19 bits per heavy atom. The van der Waals surface area contributed by atoms with Crippen molar-refractivity contribution >= 4 is 27.5 Å². The number of likely N-dealkylation sites (tertiary alicyclic amines) is 1. The van der Waals surface area contributed by atoms with E-state index < -0.39 is 0 Å². The number of hydrogen-bond donors (Lipinski definition) is 0. The first-order valence-corrected chi connectivity index (χ1v) is 11.2. The van der Waals surface area contributed by atoms with Crippen LogP contribution in [0.4, 0.5) is 4.39 Å². The number of thiophene rings is 1. The molecule has 1 atom stereocenters. The molecule has 0 radical (unpaired) electrons. The van der Waals surface area contributed by atoms with E-state index in [0.717, 1.165) is 18.4 Å². The summed E-state index contributed by atoms with van der Waals surface area (Å²) in [6.45, 7) is 2.38. The standard InChI is InChI=1S/C23H21FN4O3S/c1-13-18-21(26-12-27(2)22(18)29)32-19(13)23(30)28-8-4-7-17(28)20-25-11-16(31-20)10-14-5-3-6-15(24)9-14/h3,5-6,9,11-12,17H,4,7-8,10H2,1-2H3/t17-/m1/s1. The molecule has 0 saturated carbocycles. The molecule has 3 aromatic heterocycles. The molecule has 1 fully saturated rings. The van der Waals surface area contributed by atoms with Crippen LogP contribution in [0.5, 0.6) is 0 Å². The van der Waals surface area contributed by atoms with E-state index in [4.69, 9.17) is 4.42 Å². The Hall–Kier alpha value is -3.33. The first kappa shape index (κ1) is 20.6. The Labute approximate surface area is 187 Å². The van der Waals surface area contributed by atoms with Crippen LogP contribution in [0.2, 0.25) is 0 Å². The van der Waals surface area contributed by atoms with Crippen molar-refractivity contribution in [2.75, 3.05) is 6.54 Å². The number of carbonyl (C=O) groups is 1. The van der Waals surface area contributed by atoms with Crippen LogP contribution in [0.15, 0.2) is 46.0 Å². The molecule has 0 N–H and O–H groups in total. The Morgan fingerprint density at radius 1 is 1.34 bits per heavy atom. The summed E-state index contributed by atoms with van der Waals surface area (Å²) in [4.78, 5) is 37.5. The maximum absolute atomic E-state index is 13.5. The largest absolute Gasteiger partial charge is 0.443 e. The van der Waals surface area contributed by atoms with Gasteiger partial charge in [-0.2, -0.15) is 0 Å². The Kier molecular flexibility index (Phi) is 5.13. The fraction of sp³-hybridized carbons (Fsp3) is 0.304. The van der Waals surface area contributed by atoms with Crippen LogP contribution in [0, 0.1) is 12.7 Å². The quantitative estimate of drug-likeness (QED) is 0.468. The normalized spacial score (nSPS) is 16.2. The van der Waals surface area contributed by atoms with Crippen molar-refractivity contribution < 1.29 is 13.6 Å². The molecule has 1 amide bonds. The molecule has 1 aliphatic rings. The highest BCUT2D eigenvalue weighted by molar-refractivity contribution is 7.20. The summed E-state index contributed by atoms with van der Waals surface area (Å²) in [5, 5.41) is 0.493. The van der Waals surface area contributed by atoms with Crippen molar-refractivity contribution in [2.45, 2.75) is 32.2 Å². The molecular weight excluding hydrogens is 431 g/mol. The van der Waals surface area contributed by atoms with Crippen molar-refractivity contribution in [1.29, 1.82) is 0 Å². The number of oxazole rings is 1. The van der Waals surface area contributed by atoms with Gasteiger partial charge in [-0.25, -0.2) is 14.4 Å². The van der Waals surface area contributed by atoms with Gasteiger partial charge in [-0.1, -0.05) is 12.1 Å². The molecular formula is C23H21FN4O3S. The molecule has 164 valence electrons. The second-order valence-corrected chi connectivity index (χ2v) is 9.02. The maximum atomic E-state index is 13.5. The van der Waals surface area contributed by atoms with Gasteiger partial charge in [0.15, 0.2) is 0 Å². The average Bonchev–Trinajstić information content (AvgIpc) is 3.49. The number of rotatable bonds is 4. The minimum Gasteiger partial charge on any atom is -0.443 e. The number of aromatic nitrogens is 3. The van der Waals surface area contributed by atoms with Gasteiger partial charge in [0.25, 0.3) is 11.5 Å². The summed E-state index contributed by atoms with van der Waals surface area (Å²) >= 11 is 1.25. The molecule has 7 nitrogen and oxygen atoms in total. The fourth-order valence-electron chi connectivity index (χ4n) is 4.22. The summed E-state index contributed by atoms with van der Waals surface area (Å²) in [6.07, 6.45) is 5.12. The number of amides is 1. The van der Waals surface area contributed by atoms with Crippen molar-refractivity contribution in [3.8, 4) is 0 Å². The number of fused-ring (bicyclic) bond motifs is 1. The molecule has 0 bridgehead atoms. The van der Waals surface area contributed by atoms with Gasteiger partial charge in [-0.3, -0.25) is 9.59 Å². The number of nitrogens with zero attached hydrogens (tertiary/aromatic N) is 4. The molecule has 1 aromatic carbocycles. The minimum absolute atomic E-state index is 0.139. The van der Waals surface area contributed by atoms with Crippen molar-refractivity contribution in [2.24, 2.45) is 7.05 Å². The third-order valence-corrected chi connectivity index (χ3v) is 7.03. The predicted octanol–water partition coefficient (Wildman–Crippen LogP) is 4.00. The van der Waals surface area contributed by atoms with E-state index in [2.05, 4.69) is 9.97 Å². The van der Waals surface area contributed by atoms with Crippen LogP contribution in [0.25, 0.3) is 10.2 Å². The second-order valence-electron chi connectivity index (χ2n) is 8.03. The van der Waals surface area contributed by atoms with Gasteiger partial charge in [-0.15, -0.1) is 11.3 Å². The van der Waals surface area contributed by atoms with Gasteiger partial charge in [0.1, 0.15) is 22.4 Å². The topological polar surface area (TPSA) is 81.2 Å². The van der Waals surface area contributed by atoms with Gasteiger partial charge in [-0.05, 0) is 43.0 Å². The predicted molar refractivity (Wildman–Crippen MR) is 118 cm³/mol. The molecule has 0 spiro atoms. The molecule has 4 heterocycles. The van der Waals surface area contributed by atoms with Crippen molar-refractivity contribution in [3.63, 3.8) is 0 Å². The van der Waals surface area contributed by atoms with Crippen LogP contribution >= 0.6 is 11.3 Å². The number of carbonyl (C=O) groups excluding carboxylic acids is 1. The van der Waals surface area contributed by atoms with Crippen LogP contribution in [0.3, 0.4) is 0 Å². The zero-order valence-electron chi connectivity index (χ0n) is 17.7. The highest BCUT2D eigenvalue weighted by atomic mass is 32.1. The zero-order valence-corrected chi connectivity index (χ0v) is 18.5. The molecule has 1 aliphatic heterocycles. The van der Waals surface area contributed by atoms with E-state index in [1.807, 2.05) is 6.07 Å². The lowest BCUT2D eigenvalue weighted by molar-refractivity contribution is 0.0719. The Balaban J connectivity index is 1.42. The molecule has 1 saturated heterocycles. The summed E-state index contributed by atoms with van der Waals surface area (Å²) in [7, 11) is 1.65. The lowest BCUT2D eigenvalue weighted by atomic mass is 10.1. The van der Waals surface area contributed by atoms with Crippen molar-refractivity contribution in [3.05, 3.63) is 80.6 Å². The molecule has 0 aliphatic carbocycles. The highest BCUT2D eigenvalue weighted by Crippen LogP contribution is 2.36. The number of halogens is 1. The minimum atomic E-state index is -0.294. The average molecular weight is 453 g/mol. The number of aryl methyl sites for hydroxylation is 2. The molecule has 9 heteroatoms. The van der Waals surface area contributed by atoms with E-state index >= 15 is 0 Å². The van der Waals surface area contributed by atoms with E-state index in [-0.39, 0.29) is 23.3 Å². The van der Waals surface area contributed by atoms with Crippen LogP contribution in [0.1, 0.15) is 51.3 Å². The second kappa shape index (κ2) is 7.98. The monoisotopic (exact) mass is 452 g/mol. The first-order chi connectivity index (χ1) is 15.4. The van der Waals surface area contributed by atoms with Crippen LogP contribution in [-0.4, -0.2) is 31.9 Å². The van der Waals surface area contributed by atoms with Gasteiger partial charge in [0.05, 0.1) is 22.8 Å². The zero-order chi connectivity index (χ0) is 22.4. The lowest BCUT2D eigenvalue weighted by Gasteiger charge is -2.22. The summed E-state index contributed by atoms with van der Waals surface area (Å²) in [5.41, 5.74) is 1.30. The fourth-order valence-corrected chi connectivity index (χ4v) is 5.31. The van der Waals surface area contributed by atoms with Gasteiger partial charge in [0, 0.05) is 20.0 Å². The smallest absolute Gasteiger partial charge is 0.264 e. The SMILES string of the molecule is Cc1c(C(=O)N2CCC[C@@H]2c2ncc(Cc3cccc(F)c3)o2)sc2ncn(C)c(=O)c12. The summed E-state index contributed by atoms with van der Waals surface area (Å²) in [6, 6.07) is 6.09. The van der Waals surface area contributed by atoms with Gasteiger partial charge >= 0.3 is 0 Å². The number of hydrogen-bond acceptors (Lipinski definition) is 6. The van der Waals surface area contributed by atoms with Gasteiger partial charge in [0.2, 0.25) is 5.89 Å². The van der Waals surface area contributed by atoms with Gasteiger partial charge < -0.3 is 13.9 Å². The highest BCUT2D eigenvalue weighted by Gasteiger charge is 2.35. The van der Waals surface area contributed by atoms with Crippen LogP contribution in [-0.2, 0) is 13.5 Å². The third-order valence-electron chi connectivity index (χ3n) is 5.84. The van der Waals surface area contributed by atoms with Crippen LogP contribution < -0.4 is 5.56 Å². The Morgan fingerprint density at radius 3 is 3.00 bits per heavy atom. The lowest BCUT2D eigenvalue weighted by Crippen LogP contribution is -2.30. The van der Waals surface area contributed by atoms with E-state index in [0.29, 0.717) is 45.3 Å². The molecule has 32 heavy (non-hydrogen) atoms. The molecule has 0 unspecified atom stereocenters. The molecule has 5 rings (SSSR count). The summed E-state index contributed by atoms with van der Waals surface area (Å²) in [5.74, 6) is 0.670. The van der Waals surface area contributed by atoms with E-state index in [9.17, 15) is 14.0 Å². The summed E-state index contributed by atoms with van der Waals surface area (Å²) < 4.78 is 20.8. The Bertz CT molecular complexity index is 1390. The maximum Gasteiger partial charge on any atom is 0.264 e. The number of benzene rings is 1. The van der Waals surface area contributed by atoms with E-state index in [1.165, 1.54) is 34.4 Å². The van der Waals surface area contributed by atoms with E-state index in [1.54, 1.807) is 31.1 Å². The molecule has 4 aromatic rings.